The molecule has 0 radical (unpaired) electrons. The Kier molecular flexibility index (Phi) is 4.81. The lowest BCUT2D eigenvalue weighted by molar-refractivity contribution is 0.0518. The van der Waals surface area contributed by atoms with E-state index in [-0.39, 0.29) is 11.8 Å². The molecule has 2 amide bonds. The molecule has 27 heavy (non-hydrogen) atoms. The van der Waals surface area contributed by atoms with Crippen LogP contribution in [0, 0.1) is 0 Å². The van der Waals surface area contributed by atoms with Crippen LogP contribution in [-0.2, 0) is 0 Å². The number of amides is 2. The number of benzene rings is 1. The second kappa shape index (κ2) is 7.40. The summed E-state index contributed by atoms with van der Waals surface area (Å²) >= 11 is 3.45. The molecule has 0 bridgehead atoms. The SMILES string of the molecule is O=C(c1ccco1)N1CCN(C(=O)c2cn[nH]c2-c2cccc(Br)c2)CC1. The molecular weight excluding hydrogens is 412 g/mol. The van der Waals surface area contributed by atoms with Crippen molar-refractivity contribution >= 4 is 27.7 Å². The maximum Gasteiger partial charge on any atom is 0.289 e. The number of nitrogens with zero attached hydrogens (tertiary/aromatic N) is 3. The van der Waals surface area contributed by atoms with Crippen LogP contribution in [0.3, 0.4) is 0 Å². The number of hydrogen-bond donors (Lipinski definition) is 1. The second-order valence-electron chi connectivity index (χ2n) is 6.23. The minimum absolute atomic E-state index is 0.0937. The number of carbonyl (C=O) groups excluding carboxylic acids is 2. The van der Waals surface area contributed by atoms with Gasteiger partial charge in [-0.1, -0.05) is 28.1 Å². The molecule has 0 aliphatic carbocycles. The molecule has 3 aromatic rings. The van der Waals surface area contributed by atoms with Gasteiger partial charge in [0.1, 0.15) is 0 Å². The van der Waals surface area contributed by atoms with E-state index in [1.807, 2.05) is 24.3 Å². The zero-order valence-electron chi connectivity index (χ0n) is 14.4. The maximum atomic E-state index is 13.0. The first-order chi connectivity index (χ1) is 13.1. The first-order valence-corrected chi connectivity index (χ1v) is 9.34. The van der Waals surface area contributed by atoms with Crippen LogP contribution in [-0.4, -0.2) is 58.0 Å². The fourth-order valence-electron chi connectivity index (χ4n) is 3.15. The summed E-state index contributed by atoms with van der Waals surface area (Å²) in [4.78, 5) is 28.8. The van der Waals surface area contributed by atoms with Gasteiger partial charge in [-0.3, -0.25) is 14.7 Å². The third-order valence-corrected chi connectivity index (χ3v) is 5.06. The summed E-state index contributed by atoms with van der Waals surface area (Å²) in [5.74, 6) is 0.0793. The average molecular weight is 429 g/mol. The number of furan rings is 1. The fourth-order valence-corrected chi connectivity index (χ4v) is 3.55. The highest BCUT2D eigenvalue weighted by Crippen LogP contribution is 2.25. The van der Waals surface area contributed by atoms with Crippen LogP contribution in [0.2, 0.25) is 0 Å². The minimum Gasteiger partial charge on any atom is -0.459 e. The number of aromatic amines is 1. The Balaban J connectivity index is 1.46. The smallest absolute Gasteiger partial charge is 0.289 e. The minimum atomic E-state index is -0.148. The number of H-pyrrole nitrogens is 1. The number of hydrogen-bond acceptors (Lipinski definition) is 4. The van der Waals surface area contributed by atoms with Crippen LogP contribution in [0.25, 0.3) is 11.3 Å². The average Bonchev–Trinajstić information content (AvgIpc) is 3.39. The van der Waals surface area contributed by atoms with Gasteiger partial charge in [0, 0.05) is 36.2 Å². The van der Waals surface area contributed by atoms with Gasteiger partial charge < -0.3 is 14.2 Å². The van der Waals surface area contributed by atoms with Crippen molar-refractivity contribution in [3.8, 4) is 11.3 Å². The summed E-state index contributed by atoms with van der Waals surface area (Å²) in [6, 6.07) is 11.0. The van der Waals surface area contributed by atoms with Crippen LogP contribution < -0.4 is 0 Å². The quantitative estimate of drug-likeness (QED) is 0.694. The molecule has 1 fully saturated rings. The van der Waals surface area contributed by atoms with Gasteiger partial charge in [-0.25, -0.2) is 0 Å². The first-order valence-electron chi connectivity index (χ1n) is 8.55. The molecule has 1 aromatic carbocycles. The third kappa shape index (κ3) is 3.52. The monoisotopic (exact) mass is 428 g/mol. The number of aromatic nitrogens is 2. The van der Waals surface area contributed by atoms with Crippen molar-refractivity contribution in [1.82, 2.24) is 20.0 Å². The first kappa shape index (κ1) is 17.5. The van der Waals surface area contributed by atoms with Crippen LogP contribution in [0.1, 0.15) is 20.9 Å². The van der Waals surface area contributed by atoms with E-state index in [1.54, 1.807) is 28.1 Å². The van der Waals surface area contributed by atoms with Gasteiger partial charge in [0.25, 0.3) is 11.8 Å². The molecule has 8 heteroatoms. The molecule has 1 aliphatic heterocycles. The number of carbonyl (C=O) groups is 2. The highest BCUT2D eigenvalue weighted by atomic mass is 79.9. The predicted molar refractivity (Wildman–Crippen MR) is 102 cm³/mol. The van der Waals surface area contributed by atoms with E-state index in [0.29, 0.717) is 43.2 Å². The van der Waals surface area contributed by atoms with Gasteiger partial charge in [0.15, 0.2) is 5.76 Å². The summed E-state index contributed by atoms with van der Waals surface area (Å²) in [6.45, 7) is 1.87. The van der Waals surface area contributed by atoms with Gasteiger partial charge in [-0.2, -0.15) is 5.10 Å². The summed E-state index contributed by atoms with van der Waals surface area (Å²) in [7, 11) is 0. The van der Waals surface area contributed by atoms with Crippen molar-refractivity contribution < 1.29 is 14.0 Å². The van der Waals surface area contributed by atoms with E-state index >= 15 is 0 Å². The lowest BCUT2D eigenvalue weighted by atomic mass is 10.1. The van der Waals surface area contributed by atoms with E-state index < -0.39 is 0 Å². The highest BCUT2D eigenvalue weighted by Gasteiger charge is 2.28. The van der Waals surface area contributed by atoms with E-state index in [9.17, 15) is 9.59 Å². The number of nitrogens with one attached hydrogen (secondary N) is 1. The Bertz CT molecular complexity index is 959. The fraction of sp³-hybridized carbons (Fsp3) is 0.211. The van der Waals surface area contributed by atoms with Gasteiger partial charge in [-0.15, -0.1) is 0 Å². The number of rotatable bonds is 3. The second-order valence-corrected chi connectivity index (χ2v) is 7.15. The van der Waals surface area contributed by atoms with Crippen molar-refractivity contribution in [3.05, 3.63) is 64.7 Å². The zero-order valence-corrected chi connectivity index (χ0v) is 16.0. The normalized spacial score (nSPS) is 14.4. The Morgan fingerprint density at radius 2 is 1.78 bits per heavy atom. The van der Waals surface area contributed by atoms with Crippen molar-refractivity contribution in [2.45, 2.75) is 0 Å². The highest BCUT2D eigenvalue weighted by molar-refractivity contribution is 9.10. The molecule has 7 nitrogen and oxygen atoms in total. The molecule has 2 aromatic heterocycles. The molecule has 4 rings (SSSR count). The lowest BCUT2D eigenvalue weighted by Crippen LogP contribution is -2.50. The summed E-state index contributed by atoms with van der Waals surface area (Å²) in [5, 5.41) is 6.98. The summed E-state index contributed by atoms with van der Waals surface area (Å²) in [5.41, 5.74) is 2.10. The Morgan fingerprint density at radius 1 is 1.04 bits per heavy atom. The standard InChI is InChI=1S/C19H17BrN4O3/c20-14-4-1-3-13(11-14)17-15(12-21-22-17)18(25)23-6-8-24(9-7-23)19(26)16-5-2-10-27-16/h1-5,10-12H,6-9H2,(H,21,22). The van der Waals surface area contributed by atoms with Gasteiger partial charge in [0.05, 0.1) is 23.7 Å². The third-order valence-electron chi connectivity index (χ3n) is 4.57. The van der Waals surface area contributed by atoms with Crippen molar-refractivity contribution in [2.24, 2.45) is 0 Å². The van der Waals surface area contributed by atoms with Crippen LogP contribution in [0.15, 0.2) is 57.7 Å². The molecule has 0 spiro atoms. The predicted octanol–water partition coefficient (Wildman–Crippen LogP) is 3.03. The zero-order chi connectivity index (χ0) is 18.8. The van der Waals surface area contributed by atoms with E-state index in [0.717, 1.165) is 10.0 Å². The van der Waals surface area contributed by atoms with E-state index in [4.69, 9.17) is 4.42 Å². The van der Waals surface area contributed by atoms with Gasteiger partial charge >= 0.3 is 0 Å². The Labute approximate surface area is 164 Å². The number of halogens is 1. The Morgan fingerprint density at radius 3 is 2.44 bits per heavy atom. The Hall–Kier alpha value is -2.87. The van der Waals surface area contributed by atoms with Crippen molar-refractivity contribution in [3.63, 3.8) is 0 Å². The van der Waals surface area contributed by atoms with Crippen LogP contribution >= 0.6 is 15.9 Å². The maximum absolute atomic E-state index is 13.0. The molecule has 0 atom stereocenters. The molecule has 3 heterocycles. The number of piperazine rings is 1. The van der Waals surface area contributed by atoms with Crippen LogP contribution in [0.5, 0.6) is 0 Å². The summed E-state index contributed by atoms with van der Waals surface area (Å²) < 4.78 is 6.10. The van der Waals surface area contributed by atoms with Gasteiger partial charge in [-0.05, 0) is 24.3 Å². The molecule has 1 N–H and O–H groups in total. The molecule has 1 saturated heterocycles. The molecule has 138 valence electrons. The van der Waals surface area contributed by atoms with E-state index in [2.05, 4.69) is 26.1 Å². The molecule has 1 aliphatic rings. The van der Waals surface area contributed by atoms with Crippen LogP contribution in [0.4, 0.5) is 0 Å². The lowest BCUT2D eigenvalue weighted by Gasteiger charge is -2.34. The van der Waals surface area contributed by atoms with Crippen molar-refractivity contribution in [2.75, 3.05) is 26.2 Å². The molecule has 0 saturated carbocycles. The summed E-state index contributed by atoms with van der Waals surface area (Å²) in [6.07, 6.45) is 3.04. The topological polar surface area (TPSA) is 82.4 Å². The van der Waals surface area contributed by atoms with Gasteiger partial charge in [0.2, 0.25) is 0 Å². The van der Waals surface area contributed by atoms with Crippen molar-refractivity contribution in [1.29, 1.82) is 0 Å². The molecular formula is C19H17BrN4O3. The van der Waals surface area contributed by atoms with E-state index in [1.165, 1.54) is 6.26 Å². The largest absolute Gasteiger partial charge is 0.459 e. The molecule has 0 unspecified atom stereocenters.